The zero-order valence-corrected chi connectivity index (χ0v) is 9.20. The van der Waals surface area contributed by atoms with Crippen LogP contribution in [0.1, 0.15) is 20.7 Å². The second kappa shape index (κ2) is 3.66. The number of carbonyl (C=O) groups is 2. The summed E-state index contributed by atoms with van der Waals surface area (Å²) in [5.74, 6) is -0.901. The van der Waals surface area contributed by atoms with Gasteiger partial charge in [-0.15, -0.1) is 0 Å². The smallest absolute Gasteiger partial charge is 0.266 e. The third kappa shape index (κ3) is 1.37. The molecular formula is C13H8N2O3. The van der Waals surface area contributed by atoms with E-state index in [0.29, 0.717) is 16.8 Å². The molecule has 0 bridgehead atoms. The van der Waals surface area contributed by atoms with Crippen LogP contribution in [-0.4, -0.2) is 21.9 Å². The van der Waals surface area contributed by atoms with E-state index in [1.807, 2.05) is 0 Å². The molecule has 0 radical (unpaired) electrons. The minimum Gasteiger partial charge on any atom is -0.493 e. The van der Waals surface area contributed by atoms with Gasteiger partial charge >= 0.3 is 0 Å². The lowest BCUT2D eigenvalue weighted by molar-refractivity contribution is 0.0926. The van der Waals surface area contributed by atoms with Gasteiger partial charge in [-0.3, -0.25) is 9.59 Å². The number of nitrogens with zero attached hydrogens (tertiary/aromatic N) is 2. The second-order valence-corrected chi connectivity index (χ2v) is 3.87. The van der Waals surface area contributed by atoms with Crippen LogP contribution in [0.25, 0.3) is 0 Å². The van der Waals surface area contributed by atoms with Gasteiger partial charge < -0.3 is 5.11 Å². The summed E-state index contributed by atoms with van der Waals surface area (Å²) < 4.78 is 0. The Labute approximate surface area is 102 Å². The number of imide groups is 1. The zero-order chi connectivity index (χ0) is 12.7. The molecule has 88 valence electrons. The summed E-state index contributed by atoms with van der Waals surface area (Å²) in [5.41, 5.74) is 1.12. The Balaban J connectivity index is 2.09. The number of carbonyl (C=O) groups excluding carboxylic acids is 2. The first-order valence-corrected chi connectivity index (χ1v) is 5.31. The van der Waals surface area contributed by atoms with E-state index in [0.717, 1.165) is 4.90 Å². The lowest BCUT2D eigenvalue weighted by Crippen LogP contribution is -2.29. The molecule has 0 aliphatic carbocycles. The number of fused-ring (bicyclic) bond motifs is 1. The normalized spacial score (nSPS) is 13.9. The van der Waals surface area contributed by atoms with Crippen molar-refractivity contribution >= 4 is 17.5 Å². The number of hydrogen-bond acceptors (Lipinski definition) is 4. The Morgan fingerprint density at radius 2 is 1.56 bits per heavy atom. The largest absolute Gasteiger partial charge is 0.493 e. The maximum atomic E-state index is 12.1. The molecule has 2 aromatic rings. The first-order chi connectivity index (χ1) is 8.68. The molecule has 1 N–H and O–H groups in total. The van der Waals surface area contributed by atoms with Gasteiger partial charge in [-0.05, 0) is 18.2 Å². The van der Waals surface area contributed by atoms with Crippen LogP contribution in [0.3, 0.4) is 0 Å². The van der Waals surface area contributed by atoms with E-state index in [-0.39, 0.29) is 17.7 Å². The highest BCUT2D eigenvalue weighted by atomic mass is 16.3. The van der Waals surface area contributed by atoms with Crippen molar-refractivity contribution < 1.29 is 14.7 Å². The number of pyridine rings is 1. The van der Waals surface area contributed by atoms with Gasteiger partial charge in [0.25, 0.3) is 11.8 Å². The monoisotopic (exact) mass is 240 g/mol. The van der Waals surface area contributed by atoms with E-state index in [9.17, 15) is 9.59 Å². The van der Waals surface area contributed by atoms with Crippen LogP contribution >= 0.6 is 0 Å². The predicted octanol–water partition coefficient (Wildman–Crippen LogP) is 1.59. The van der Waals surface area contributed by atoms with Crippen LogP contribution in [0.2, 0.25) is 0 Å². The van der Waals surface area contributed by atoms with Crippen LogP contribution in [0, 0.1) is 0 Å². The summed E-state index contributed by atoms with van der Waals surface area (Å²) >= 11 is 0. The summed E-state index contributed by atoms with van der Waals surface area (Å²) in [6, 6.07) is 9.46. The van der Waals surface area contributed by atoms with Crippen molar-refractivity contribution in [3.05, 3.63) is 53.7 Å². The van der Waals surface area contributed by atoms with E-state index in [1.54, 1.807) is 24.3 Å². The molecule has 2 amide bonds. The van der Waals surface area contributed by atoms with Crippen molar-refractivity contribution in [1.82, 2.24) is 4.98 Å². The topological polar surface area (TPSA) is 70.5 Å². The number of benzene rings is 1. The highest BCUT2D eigenvalue weighted by molar-refractivity contribution is 6.34. The summed E-state index contributed by atoms with van der Waals surface area (Å²) in [5, 5.41) is 9.11. The van der Waals surface area contributed by atoms with Gasteiger partial charge in [0.05, 0.1) is 23.0 Å². The molecule has 2 heterocycles. The van der Waals surface area contributed by atoms with Gasteiger partial charge in [-0.25, -0.2) is 9.88 Å². The molecule has 0 atom stereocenters. The standard InChI is InChI=1S/C13H8N2O3/c16-11-6-5-8(7-14-11)15-12(17)9-3-1-2-4-10(9)13(15)18/h1-7H,(H,14,16). The van der Waals surface area contributed by atoms with Crippen molar-refractivity contribution in [2.24, 2.45) is 0 Å². The molecule has 1 aromatic heterocycles. The van der Waals surface area contributed by atoms with Gasteiger partial charge in [-0.1, -0.05) is 12.1 Å². The van der Waals surface area contributed by atoms with Crippen LogP contribution in [0.4, 0.5) is 5.69 Å². The predicted molar refractivity (Wildman–Crippen MR) is 63.5 cm³/mol. The van der Waals surface area contributed by atoms with Crippen molar-refractivity contribution in [1.29, 1.82) is 0 Å². The van der Waals surface area contributed by atoms with Gasteiger partial charge in [0, 0.05) is 6.07 Å². The average Bonchev–Trinajstić information content (AvgIpc) is 2.64. The number of aromatic hydroxyl groups is 1. The lowest BCUT2D eigenvalue weighted by Gasteiger charge is -2.12. The molecule has 0 spiro atoms. The molecule has 3 rings (SSSR count). The number of anilines is 1. The van der Waals surface area contributed by atoms with Gasteiger partial charge in [0.1, 0.15) is 0 Å². The summed E-state index contributed by atoms with van der Waals surface area (Å²) in [4.78, 5) is 28.9. The molecule has 1 aliphatic rings. The molecule has 0 unspecified atom stereocenters. The van der Waals surface area contributed by atoms with E-state index in [1.165, 1.54) is 18.3 Å². The first kappa shape index (κ1) is 10.5. The minimum atomic E-state index is -0.372. The number of hydrogen-bond donors (Lipinski definition) is 1. The second-order valence-electron chi connectivity index (χ2n) is 3.87. The van der Waals surface area contributed by atoms with Gasteiger partial charge in [0.15, 0.2) is 0 Å². The molecule has 18 heavy (non-hydrogen) atoms. The van der Waals surface area contributed by atoms with Gasteiger partial charge in [0.2, 0.25) is 5.88 Å². The average molecular weight is 240 g/mol. The third-order valence-corrected chi connectivity index (χ3v) is 2.78. The molecule has 5 heteroatoms. The van der Waals surface area contributed by atoms with E-state index in [4.69, 9.17) is 5.11 Å². The van der Waals surface area contributed by atoms with Crippen LogP contribution in [0.5, 0.6) is 5.88 Å². The number of aromatic nitrogens is 1. The SMILES string of the molecule is O=C1c2ccccc2C(=O)N1c1ccc(O)nc1. The number of amides is 2. The highest BCUT2D eigenvalue weighted by Gasteiger charge is 2.36. The fourth-order valence-electron chi connectivity index (χ4n) is 1.93. The molecule has 0 fully saturated rings. The highest BCUT2D eigenvalue weighted by Crippen LogP contribution is 2.28. The van der Waals surface area contributed by atoms with Crippen molar-refractivity contribution in [3.63, 3.8) is 0 Å². The summed E-state index contributed by atoms with van der Waals surface area (Å²) in [6.45, 7) is 0. The zero-order valence-electron chi connectivity index (χ0n) is 9.20. The van der Waals surface area contributed by atoms with Crippen LogP contribution in [0.15, 0.2) is 42.6 Å². The van der Waals surface area contributed by atoms with E-state index >= 15 is 0 Å². The van der Waals surface area contributed by atoms with Crippen molar-refractivity contribution in [2.45, 2.75) is 0 Å². The minimum absolute atomic E-state index is 0.157. The fraction of sp³-hybridized carbons (Fsp3) is 0. The van der Waals surface area contributed by atoms with Crippen LogP contribution < -0.4 is 4.90 Å². The Morgan fingerprint density at radius 1 is 0.944 bits per heavy atom. The molecule has 1 aromatic carbocycles. The molecule has 0 saturated heterocycles. The lowest BCUT2D eigenvalue weighted by atomic mass is 10.1. The maximum absolute atomic E-state index is 12.1. The third-order valence-electron chi connectivity index (χ3n) is 2.78. The Kier molecular flexibility index (Phi) is 2.13. The van der Waals surface area contributed by atoms with Crippen LogP contribution in [-0.2, 0) is 0 Å². The molecule has 1 aliphatic heterocycles. The summed E-state index contributed by atoms with van der Waals surface area (Å²) in [6.07, 6.45) is 1.29. The quantitative estimate of drug-likeness (QED) is 0.768. The molecule has 5 nitrogen and oxygen atoms in total. The Hall–Kier alpha value is -2.69. The Morgan fingerprint density at radius 3 is 2.06 bits per heavy atom. The van der Waals surface area contributed by atoms with Gasteiger partial charge in [-0.2, -0.15) is 0 Å². The van der Waals surface area contributed by atoms with Crippen molar-refractivity contribution in [2.75, 3.05) is 4.90 Å². The number of rotatable bonds is 1. The van der Waals surface area contributed by atoms with Crippen molar-refractivity contribution in [3.8, 4) is 5.88 Å². The Bertz CT molecular complexity index is 615. The first-order valence-electron chi connectivity index (χ1n) is 5.31. The molecular weight excluding hydrogens is 232 g/mol. The summed E-state index contributed by atoms with van der Waals surface area (Å²) in [7, 11) is 0. The van der Waals surface area contributed by atoms with E-state index < -0.39 is 0 Å². The maximum Gasteiger partial charge on any atom is 0.266 e. The molecule has 0 saturated carbocycles. The fourth-order valence-corrected chi connectivity index (χ4v) is 1.93. The van der Waals surface area contributed by atoms with E-state index in [2.05, 4.69) is 4.98 Å².